The van der Waals surface area contributed by atoms with Crippen LogP contribution in [0, 0.1) is 0 Å². The summed E-state index contributed by atoms with van der Waals surface area (Å²) in [6.45, 7) is 3.44. The molecule has 0 bridgehead atoms. The molecule has 1 aromatic rings. The molecular weight excluding hydrogens is 278 g/mol. The minimum atomic E-state index is -0.155. The van der Waals surface area contributed by atoms with Gasteiger partial charge in [-0.2, -0.15) is 0 Å². The van der Waals surface area contributed by atoms with Crippen LogP contribution in [0.1, 0.15) is 23.2 Å². The molecule has 0 aliphatic carbocycles. The molecule has 6 heteroatoms. The summed E-state index contributed by atoms with van der Waals surface area (Å²) >= 11 is 6.00. The maximum atomic E-state index is 12.3. The monoisotopic (exact) mass is 295 g/mol. The third kappa shape index (κ3) is 2.80. The van der Waals surface area contributed by atoms with Crippen LogP contribution in [0.5, 0.6) is 0 Å². The van der Waals surface area contributed by atoms with E-state index >= 15 is 0 Å². The van der Waals surface area contributed by atoms with Gasteiger partial charge in [0.05, 0.1) is 35.9 Å². The van der Waals surface area contributed by atoms with Crippen molar-refractivity contribution >= 4 is 17.5 Å². The molecule has 0 saturated carbocycles. The van der Waals surface area contributed by atoms with Crippen LogP contribution >= 0.6 is 11.6 Å². The van der Waals surface area contributed by atoms with E-state index in [0.29, 0.717) is 23.8 Å². The summed E-state index contributed by atoms with van der Waals surface area (Å²) in [4.78, 5) is 18.6. The van der Waals surface area contributed by atoms with Crippen molar-refractivity contribution in [3.05, 3.63) is 29.0 Å². The van der Waals surface area contributed by atoms with Crippen molar-refractivity contribution in [1.82, 2.24) is 15.2 Å². The Labute approximate surface area is 123 Å². The van der Waals surface area contributed by atoms with Crippen LogP contribution in [0.15, 0.2) is 18.5 Å². The summed E-state index contributed by atoms with van der Waals surface area (Å²) in [6.07, 6.45) is 5.52. The molecule has 0 aromatic carbocycles. The number of nitrogens with zero attached hydrogens (tertiary/aromatic N) is 2. The highest BCUT2D eigenvalue weighted by Gasteiger charge is 2.35. The molecule has 0 spiro atoms. The second-order valence-electron chi connectivity index (χ2n) is 5.28. The first-order chi connectivity index (χ1) is 9.75. The minimum absolute atomic E-state index is 0.0323. The number of hydrogen-bond donors (Lipinski definition) is 1. The van der Waals surface area contributed by atoms with Crippen LogP contribution in [0.3, 0.4) is 0 Å². The van der Waals surface area contributed by atoms with Gasteiger partial charge in [-0.05, 0) is 32.0 Å². The maximum Gasteiger partial charge on any atom is 0.253 e. The SMILES string of the molecule is O=C(N[C@@H]1COC[C@H]1N1CCCC1)c1ccncc1Cl. The highest BCUT2D eigenvalue weighted by atomic mass is 35.5. The zero-order valence-corrected chi connectivity index (χ0v) is 12.0. The number of hydrogen-bond acceptors (Lipinski definition) is 4. The van der Waals surface area contributed by atoms with E-state index in [0.717, 1.165) is 13.1 Å². The number of ether oxygens (including phenoxy) is 1. The first-order valence-electron chi connectivity index (χ1n) is 6.98. The standard InChI is InChI=1S/C14H18ClN3O2/c15-11-7-16-4-3-10(11)14(19)17-12-8-20-9-13(12)18-5-1-2-6-18/h3-4,7,12-13H,1-2,5-6,8-9H2,(H,17,19)/t12-,13-/m1/s1. The number of aromatic nitrogens is 1. The zero-order chi connectivity index (χ0) is 13.9. The Balaban J connectivity index is 1.67. The summed E-state index contributed by atoms with van der Waals surface area (Å²) in [6, 6.07) is 1.95. The lowest BCUT2D eigenvalue weighted by Gasteiger charge is -2.27. The number of rotatable bonds is 3. The Morgan fingerprint density at radius 1 is 1.40 bits per heavy atom. The Morgan fingerprint density at radius 3 is 2.95 bits per heavy atom. The molecule has 1 N–H and O–H groups in total. The molecule has 0 radical (unpaired) electrons. The molecule has 0 unspecified atom stereocenters. The second-order valence-corrected chi connectivity index (χ2v) is 5.69. The van der Waals surface area contributed by atoms with Crippen molar-refractivity contribution in [1.29, 1.82) is 0 Å². The molecule has 1 aromatic heterocycles. The quantitative estimate of drug-likeness (QED) is 0.914. The smallest absolute Gasteiger partial charge is 0.253 e. The summed E-state index contributed by atoms with van der Waals surface area (Å²) in [5.41, 5.74) is 0.466. The molecule has 1 amide bonds. The van der Waals surface area contributed by atoms with Crippen LogP contribution in [-0.2, 0) is 4.74 Å². The Kier molecular flexibility index (Phi) is 4.19. The fourth-order valence-electron chi connectivity index (χ4n) is 2.92. The maximum absolute atomic E-state index is 12.3. The molecule has 2 fully saturated rings. The first-order valence-corrected chi connectivity index (χ1v) is 7.35. The number of pyridine rings is 1. The van der Waals surface area contributed by atoms with Crippen molar-refractivity contribution in [2.24, 2.45) is 0 Å². The number of carbonyl (C=O) groups is 1. The number of halogens is 1. The summed E-state index contributed by atoms with van der Waals surface area (Å²) < 4.78 is 5.55. The number of amides is 1. The number of likely N-dealkylation sites (tertiary alicyclic amines) is 1. The van der Waals surface area contributed by atoms with Gasteiger partial charge in [0.1, 0.15) is 0 Å². The molecule has 3 heterocycles. The van der Waals surface area contributed by atoms with E-state index in [1.807, 2.05) is 0 Å². The lowest BCUT2D eigenvalue weighted by molar-refractivity contribution is 0.0916. The van der Waals surface area contributed by atoms with Gasteiger partial charge in [0.25, 0.3) is 5.91 Å². The zero-order valence-electron chi connectivity index (χ0n) is 11.2. The predicted octanol–water partition coefficient (Wildman–Crippen LogP) is 1.33. The lowest BCUT2D eigenvalue weighted by Crippen LogP contribution is -2.50. The average Bonchev–Trinajstić information content (AvgIpc) is 3.09. The molecule has 2 saturated heterocycles. The van der Waals surface area contributed by atoms with Crippen molar-refractivity contribution in [2.45, 2.75) is 24.9 Å². The third-order valence-corrected chi connectivity index (χ3v) is 4.29. The van der Waals surface area contributed by atoms with E-state index < -0.39 is 0 Å². The predicted molar refractivity (Wildman–Crippen MR) is 75.9 cm³/mol. The summed E-state index contributed by atoms with van der Waals surface area (Å²) in [5, 5.41) is 3.42. The topological polar surface area (TPSA) is 54.5 Å². The number of carbonyl (C=O) groups excluding carboxylic acids is 1. The normalized spacial score (nSPS) is 26.9. The molecular formula is C14H18ClN3O2. The first kappa shape index (κ1) is 13.8. The van der Waals surface area contributed by atoms with E-state index in [2.05, 4.69) is 15.2 Å². The van der Waals surface area contributed by atoms with E-state index in [-0.39, 0.29) is 18.0 Å². The van der Waals surface area contributed by atoms with Crippen LogP contribution < -0.4 is 5.32 Å². The molecule has 20 heavy (non-hydrogen) atoms. The molecule has 2 aliphatic heterocycles. The molecule has 3 rings (SSSR count). The van der Waals surface area contributed by atoms with Crippen LogP contribution in [0.4, 0.5) is 0 Å². The van der Waals surface area contributed by atoms with Gasteiger partial charge in [0, 0.05) is 12.4 Å². The highest BCUT2D eigenvalue weighted by Crippen LogP contribution is 2.20. The summed E-state index contributed by atoms with van der Waals surface area (Å²) in [5.74, 6) is -0.155. The molecule has 5 nitrogen and oxygen atoms in total. The van der Waals surface area contributed by atoms with Crippen molar-refractivity contribution in [2.75, 3.05) is 26.3 Å². The summed E-state index contributed by atoms with van der Waals surface area (Å²) in [7, 11) is 0. The van der Waals surface area contributed by atoms with Crippen LogP contribution in [-0.4, -0.2) is 54.2 Å². The van der Waals surface area contributed by atoms with Gasteiger partial charge in [-0.25, -0.2) is 0 Å². The van der Waals surface area contributed by atoms with Gasteiger partial charge in [-0.15, -0.1) is 0 Å². The largest absolute Gasteiger partial charge is 0.378 e. The molecule has 2 aliphatic rings. The van der Waals surface area contributed by atoms with Gasteiger partial charge in [0.15, 0.2) is 0 Å². The fourth-order valence-corrected chi connectivity index (χ4v) is 3.12. The van der Waals surface area contributed by atoms with Crippen molar-refractivity contribution < 1.29 is 9.53 Å². The average molecular weight is 296 g/mol. The van der Waals surface area contributed by atoms with Gasteiger partial charge in [-0.1, -0.05) is 11.6 Å². The van der Waals surface area contributed by atoms with Crippen LogP contribution in [0.2, 0.25) is 5.02 Å². The van der Waals surface area contributed by atoms with Gasteiger partial charge in [0.2, 0.25) is 0 Å². The van der Waals surface area contributed by atoms with Gasteiger partial charge < -0.3 is 10.1 Å². The van der Waals surface area contributed by atoms with Crippen LogP contribution in [0.25, 0.3) is 0 Å². The Bertz CT molecular complexity index is 491. The van der Waals surface area contributed by atoms with E-state index in [1.165, 1.54) is 19.0 Å². The van der Waals surface area contributed by atoms with Crippen molar-refractivity contribution in [3.8, 4) is 0 Å². The Morgan fingerprint density at radius 2 is 2.20 bits per heavy atom. The second kappa shape index (κ2) is 6.08. The minimum Gasteiger partial charge on any atom is -0.378 e. The van der Waals surface area contributed by atoms with Gasteiger partial charge >= 0.3 is 0 Å². The third-order valence-electron chi connectivity index (χ3n) is 3.99. The fraction of sp³-hybridized carbons (Fsp3) is 0.571. The molecule has 108 valence electrons. The van der Waals surface area contributed by atoms with E-state index in [9.17, 15) is 4.79 Å². The highest BCUT2D eigenvalue weighted by molar-refractivity contribution is 6.33. The van der Waals surface area contributed by atoms with Crippen molar-refractivity contribution in [3.63, 3.8) is 0 Å². The number of nitrogens with one attached hydrogen (secondary N) is 1. The molecule has 2 atom stereocenters. The van der Waals surface area contributed by atoms with E-state index in [4.69, 9.17) is 16.3 Å². The lowest BCUT2D eigenvalue weighted by atomic mass is 10.1. The Hall–Kier alpha value is -1.17. The van der Waals surface area contributed by atoms with Gasteiger partial charge in [-0.3, -0.25) is 14.7 Å². The van der Waals surface area contributed by atoms with E-state index in [1.54, 1.807) is 12.3 Å².